The molecule has 2 atom stereocenters. The molecular weight excluding hydrogens is 321 g/mol. The number of aliphatic hydroxyl groups excluding tert-OH is 1. The van der Waals surface area contributed by atoms with Crippen LogP contribution in [0.15, 0.2) is 0 Å². The van der Waals surface area contributed by atoms with E-state index >= 15 is 0 Å². The van der Waals surface area contributed by atoms with Crippen LogP contribution in [0.1, 0.15) is 0 Å². The molecule has 0 saturated carbocycles. The quantitative estimate of drug-likeness (QED) is 0.785. The van der Waals surface area contributed by atoms with Gasteiger partial charge in [-0.15, -0.1) is 11.6 Å². The smallest absolute Gasteiger partial charge is 0.324 e. The molecule has 2 unspecified atom stereocenters. The second kappa shape index (κ2) is 5.00. The van der Waals surface area contributed by atoms with Gasteiger partial charge in [-0.25, -0.2) is 0 Å². The van der Waals surface area contributed by atoms with Crippen molar-refractivity contribution in [2.24, 2.45) is 0 Å². The van der Waals surface area contributed by atoms with E-state index in [4.69, 9.17) is 74.7 Å². The number of rotatable bonds is 3. The van der Waals surface area contributed by atoms with Gasteiger partial charge >= 0.3 is 5.97 Å². The maximum Gasteiger partial charge on any atom is 0.324 e. The van der Waals surface area contributed by atoms with Gasteiger partial charge in [0, 0.05) is 0 Å². The summed E-state index contributed by atoms with van der Waals surface area (Å²) in [5, 5.41) is 16.0. The molecule has 84 valence electrons. The molecule has 0 amide bonds. The molecule has 0 aliphatic heterocycles. The standard InChI is InChI=1S/C5H4Cl6O3/c6-1(2(12)13)4(7,8)3(14)5(9,10)11/h1,3,14H,(H,12,13). The van der Waals surface area contributed by atoms with Gasteiger partial charge in [-0.2, -0.15) is 0 Å². The molecule has 9 heteroatoms. The van der Waals surface area contributed by atoms with Crippen LogP contribution in [0, 0.1) is 0 Å². The van der Waals surface area contributed by atoms with E-state index in [9.17, 15) is 9.90 Å². The van der Waals surface area contributed by atoms with Crippen molar-refractivity contribution in [3.63, 3.8) is 0 Å². The third-order valence-electron chi connectivity index (χ3n) is 1.23. The van der Waals surface area contributed by atoms with Crippen molar-refractivity contribution >= 4 is 75.6 Å². The van der Waals surface area contributed by atoms with Gasteiger partial charge in [0.15, 0.2) is 9.71 Å². The minimum absolute atomic E-state index is 1.54. The van der Waals surface area contributed by atoms with E-state index in [0.29, 0.717) is 0 Å². The van der Waals surface area contributed by atoms with Crippen molar-refractivity contribution in [3.8, 4) is 0 Å². The Kier molecular flexibility index (Phi) is 5.42. The maximum atomic E-state index is 10.4. The second-order valence-corrected chi connectivity index (χ2v) is 6.57. The summed E-state index contributed by atoms with van der Waals surface area (Å²) in [6.45, 7) is 0. The van der Waals surface area contributed by atoms with E-state index in [0.717, 1.165) is 0 Å². The highest BCUT2D eigenvalue weighted by atomic mass is 35.6. The molecule has 0 aromatic carbocycles. The molecule has 0 spiro atoms. The third kappa shape index (κ3) is 3.63. The number of aliphatic hydroxyl groups is 1. The number of carbonyl (C=O) groups is 1. The average Bonchev–Trinajstić information content (AvgIpc) is 1.99. The number of carboxylic acids is 1. The lowest BCUT2D eigenvalue weighted by atomic mass is 10.2. The van der Waals surface area contributed by atoms with E-state index in [2.05, 4.69) is 0 Å². The number of alkyl halides is 6. The number of hydrogen-bond donors (Lipinski definition) is 2. The zero-order chi connectivity index (χ0) is 11.7. The monoisotopic (exact) mass is 322 g/mol. The molecule has 2 N–H and O–H groups in total. The maximum absolute atomic E-state index is 10.4. The van der Waals surface area contributed by atoms with E-state index in [-0.39, 0.29) is 0 Å². The fourth-order valence-corrected chi connectivity index (χ4v) is 2.01. The molecule has 0 heterocycles. The largest absolute Gasteiger partial charge is 0.480 e. The number of carboxylic acid groups (broad SMARTS) is 1. The van der Waals surface area contributed by atoms with Crippen LogP contribution in [0.25, 0.3) is 0 Å². The van der Waals surface area contributed by atoms with Crippen LogP contribution in [-0.2, 0) is 4.79 Å². The Bertz CT molecular complexity index is 224. The molecule has 0 fully saturated rings. The van der Waals surface area contributed by atoms with Crippen molar-refractivity contribution in [2.75, 3.05) is 0 Å². The van der Waals surface area contributed by atoms with Crippen molar-refractivity contribution in [1.29, 1.82) is 0 Å². The lowest BCUT2D eigenvalue weighted by Crippen LogP contribution is -2.49. The van der Waals surface area contributed by atoms with E-state index in [1.807, 2.05) is 0 Å². The van der Waals surface area contributed by atoms with Crippen LogP contribution in [0.5, 0.6) is 0 Å². The highest BCUT2D eigenvalue weighted by molar-refractivity contribution is 6.69. The Morgan fingerprint density at radius 3 is 1.71 bits per heavy atom. The SMILES string of the molecule is O=C(O)C(Cl)C(Cl)(Cl)C(O)C(Cl)(Cl)Cl. The molecular formula is C5H4Cl6O3. The summed E-state index contributed by atoms with van der Waals surface area (Å²) in [5.74, 6) is -1.54. The zero-order valence-electron chi connectivity index (χ0n) is 6.23. The van der Waals surface area contributed by atoms with Crippen LogP contribution < -0.4 is 0 Å². The predicted molar refractivity (Wildman–Crippen MR) is 58.0 cm³/mol. The average molecular weight is 325 g/mol. The summed E-state index contributed by atoms with van der Waals surface area (Å²) in [6.07, 6.45) is -1.94. The zero-order valence-corrected chi connectivity index (χ0v) is 10.8. The molecule has 0 aromatic rings. The number of hydrogen-bond acceptors (Lipinski definition) is 2. The van der Waals surface area contributed by atoms with Crippen LogP contribution in [0.2, 0.25) is 0 Å². The Morgan fingerprint density at radius 1 is 1.14 bits per heavy atom. The van der Waals surface area contributed by atoms with Gasteiger partial charge < -0.3 is 10.2 Å². The van der Waals surface area contributed by atoms with Crippen LogP contribution in [0.3, 0.4) is 0 Å². The van der Waals surface area contributed by atoms with Gasteiger partial charge in [-0.3, -0.25) is 4.79 Å². The molecule has 0 aromatic heterocycles. The summed E-state index contributed by atoms with van der Waals surface area (Å²) in [7, 11) is 0. The van der Waals surface area contributed by atoms with Gasteiger partial charge in [0.05, 0.1) is 0 Å². The highest BCUT2D eigenvalue weighted by Crippen LogP contribution is 2.44. The molecule has 0 radical (unpaired) electrons. The fraction of sp³-hybridized carbons (Fsp3) is 0.800. The lowest BCUT2D eigenvalue weighted by Gasteiger charge is -2.31. The highest BCUT2D eigenvalue weighted by Gasteiger charge is 2.53. The van der Waals surface area contributed by atoms with Crippen LogP contribution in [-0.4, -0.2) is 35.8 Å². The second-order valence-electron chi connectivity index (χ2n) is 2.32. The van der Waals surface area contributed by atoms with Crippen molar-refractivity contribution < 1.29 is 15.0 Å². The summed E-state index contributed by atoms with van der Waals surface area (Å²) in [4.78, 5) is 10.4. The Balaban J connectivity index is 4.86. The van der Waals surface area contributed by atoms with Crippen molar-refractivity contribution in [1.82, 2.24) is 0 Å². The first-order chi connectivity index (χ1) is 6.01. The molecule has 3 nitrogen and oxygen atoms in total. The third-order valence-corrected chi connectivity index (χ3v) is 3.45. The van der Waals surface area contributed by atoms with E-state index in [1.54, 1.807) is 0 Å². The first-order valence-electron chi connectivity index (χ1n) is 3.00. The molecule has 0 aliphatic carbocycles. The summed E-state index contributed by atoms with van der Waals surface area (Å²) in [6, 6.07) is 0. The molecule has 0 bridgehead atoms. The van der Waals surface area contributed by atoms with Gasteiger partial charge in [-0.1, -0.05) is 58.0 Å². The number of halogens is 6. The Labute approximate surface area is 110 Å². The molecule has 14 heavy (non-hydrogen) atoms. The minimum atomic E-state index is -2.31. The normalized spacial score (nSPS) is 17.6. The van der Waals surface area contributed by atoms with Crippen molar-refractivity contribution in [2.45, 2.75) is 19.6 Å². The molecule has 0 saturated heterocycles. The lowest BCUT2D eigenvalue weighted by molar-refractivity contribution is -0.137. The van der Waals surface area contributed by atoms with Gasteiger partial charge in [0.25, 0.3) is 0 Å². The summed E-state index contributed by atoms with van der Waals surface area (Å²) in [5.41, 5.74) is 0. The summed E-state index contributed by atoms with van der Waals surface area (Å²) >= 11 is 32.1. The van der Waals surface area contributed by atoms with Gasteiger partial charge in [-0.05, 0) is 0 Å². The molecule has 0 aliphatic rings. The van der Waals surface area contributed by atoms with Crippen LogP contribution >= 0.6 is 69.6 Å². The van der Waals surface area contributed by atoms with E-state index < -0.39 is 25.6 Å². The first-order valence-corrected chi connectivity index (χ1v) is 5.33. The first kappa shape index (κ1) is 15.2. The minimum Gasteiger partial charge on any atom is -0.480 e. The fourth-order valence-electron chi connectivity index (χ4n) is 0.521. The number of aliphatic carboxylic acids is 1. The van der Waals surface area contributed by atoms with Crippen molar-refractivity contribution in [3.05, 3.63) is 0 Å². The predicted octanol–water partition coefficient (Wildman–Crippen LogP) is 2.58. The Morgan fingerprint density at radius 2 is 1.50 bits per heavy atom. The molecule has 0 rings (SSSR count). The van der Waals surface area contributed by atoms with E-state index in [1.165, 1.54) is 0 Å². The topological polar surface area (TPSA) is 57.5 Å². The van der Waals surface area contributed by atoms with Crippen LogP contribution in [0.4, 0.5) is 0 Å². The van der Waals surface area contributed by atoms with Gasteiger partial charge in [0.1, 0.15) is 6.10 Å². The van der Waals surface area contributed by atoms with Gasteiger partial charge in [0.2, 0.25) is 3.79 Å². The summed E-state index contributed by atoms with van der Waals surface area (Å²) < 4.78 is -4.54. The Hall–Kier alpha value is 1.17.